The molecular formula is C15H13BrClFN2O. The molecule has 2 aromatic rings. The van der Waals surface area contributed by atoms with Crippen molar-refractivity contribution in [2.24, 2.45) is 0 Å². The van der Waals surface area contributed by atoms with Crippen molar-refractivity contribution in [2.75, 3.05) is 10.6 Å². The van der Waals surface area contributed by atoms with Crippen LogP contribution in [0.4, 0.5) is 15.8 Å². The van der Waals surface area contributed by atoms with Crippen LogP contribution in [-0.4, -0.2) is 11.9 Å². The van der Waals surface area contributed by atoms with E-state index in [0.29, 0.717) is 0 Å². The van der Waals surface area contributed by atoms with Crippen molar-refractivity contribution in [1.29, 1.82) is 0 Å². The Balaban J connectivity index is 2.00. The van der Waals surface area contributed by atoms with Gasteiger partial charge in [-0.15, -0.1) is 0 Å². The van der Waals surface area contributed by atoms with Gasteiger partial charge in [-0.25, -0.2) is 4.39 Å². The van der Waals surface area contributed by atoms with Gasteiger partial charge >= 0.3 is 0 Å². The van der Waals surface area contributed by atoms with Crippen molar-refractivity contribution in [3.8, 4) is 0 Å². The fourth-order valence-corrected chi connectivity index (χ4v) is 2.12. The lowest BCUT2D eigenvalue weighted by Gasteiger charge is -2.15. The summed E-state index contributed by atoms with van der Waals surface area (Å²) in [5.41, 5.74) is 0.909. The summed E-state index contributed by atoms with van der Waals surface area (Å²) in [6.45, 7) is 1.70. The zero-order valence-corrected chi connectivity index (χ0v) is 13.5. The molecule has 21 heavy (non-hydrogen) atoms. The second-order valence-corrected chi connectivity index (χ2v) is 5.84. The van der Waals surface area contributed by atoms with E-state index in [4.69, 9.17) is 11.6 Å². The fraction of sp³-hybridized carbons (Fsp3) is 0.133. The van der Waals surface area contributed by atoms with E-state index in [2.05, 4.69) is 26.6 Å². The summed E-state index contributed by atoms with van der Waals surface area (Å²) >= 11 is 9.01. The van der Waals surface area contributed by atoms with Crippen molar-refractivity contribution < 1.29 is 9.18 Å². The van der Waals surface area contributed by atoms with Crippen LogP contribution in [0.3, 0.4) is 0 Å². The van der Waals surface area contributed by atoms with Crippen LogP contribution in [0.5, 0.6) is 0 Å². The lowest BCUT2D eigenvalue weighted by molar-refractivity contribution is -0.116. The minimum atomic E-state index is -0.563. The number of hydrogen-bond donors (Lipinski definition) is 2. The Morgan fingerprint density at radius 1 is 1.24 bits per heavy atom. The number of anilines is 2. The zero-order valence-electron chi connectivity index (χ0n) is 11.2. The molecule has 0 aliphatic carbocycles. The summed E-state index contributed by atoms with van der Waals surface area (Å²) in [7, 11) is 0. The smallest absolute Gasteiger partial charge is 0.246 e. The number of carbonyl (C=O) groups is 1. The molecule has 0 spiro atoms. The van der Waals surface area contributed by atoms with Crippen molar-refractivity contribution in [3.05, 3.63) is 57.8 Å². The van der Waals surface area contributed by atoms with Crippen LogP contribution in [0.1, 0.15) is 6.92 Å². The molecule has 0 aliphatic rings. The number of benzene rings is 2. The van der Waals surface area contributed by atoms with E-state index in [-0.39, 0.29) is 16.6 Å². The number of halogens is 3. The van der Waals surface area contributed by atoms with Gasteiger partial charge < -0.3 is 10.6 Å². The maximum Gasteiger partial charge on any atom is 0.246 e. The number of amides is 1. The van der Waals surface area contributed by atoms with E-state index in [0.717, 1.165) is 16.2 Å². The Morgan fingerprint density at radius 2 is 1.90 bits per heavy atom. The highest BCUT2D eigenvalue weighted by Crippen LogP contribution is 2.19. The summed E-state index contributed by atoms with van der Waals surface area (Å²) in [5, 5.41) is 5.85. The first kappa shape index (κ1) is 15.8. The first-order chi connectivity index (χ1) is 9.95. The second kappa shape index (κ2) is 6.91. The third-order valence-corrected chi connectivity index (χ3v) is 3.57. The highest BCUT2D eigenvalue weighted by atomic mass is 79.9. The van der Waals surface area contributed by atoms with E-state index in [1.54, 1.807) is 6.92 Å². The molecule has 1 atom stereocenters. The van der Waals surface area contributed by atoms with Crippen LogP contribution in [0.15, 0.2) is 46.9 Å². The van der Waals surface area contributed by atoms with E-state index in [1.807, 2.05) is 24.3 Å². The zero-order chi connectivity index (χ0) is 15.4. The molecule has 1 amide bonds. The number of hydrogen-bond acceptors (Lipinski definition) is 2. The Labute approximate surface area is 135 Å². The molecule has 2 N–H and O–H groups in total. The number of carbonyl (C=O) groups excluding carboxylic acids is 1. The molecular weight excluding hydrogens is 359 g/mol. The lowest BCUT2D eigenvalue weighted by Crippen LogP contribution is -2.32. The van der Waals surface area contributed by atoms with Crippen LogP contribution < -0.4 is 10.6 Å². The third-order valence-electron chi connectivity index (χ3n) is 2.81. The second-order valence-electron chi connectivity index (χ2n) is 4.49. The van der Waals surface area contributed by atoms with Gasteiger partial charge in [0.05, 0.1) is 5.69 Å². The Kier molecular flexibility index (Phi) is 5.20. The molecule has 6 heteroatoms. The lowest BCUT2D eigenvalue weighted by atomic mass is 10.2. The molecule has 0 aromatic heterocycles. The quantitative estimate of drug-likeness (QED) is 0.819. The van der Waals surface area contributed by atoms with E-state index in [9.17, 15) is 9.18 Å². The molecule has 2 aromatic carbocycles. The van der Waals surface area contributed by atoms with Gasteiger partial charge in [0.2, 0.25) is 5.91 Å². The van der Waals surface area contributed by atoms with Gasteiger partial charge in [0, 0.05) is 15.2 Å². The van der Waals surface area contributed by atoms with Gasteiger partial charge in [0.25, 0.3) is 0 Å². The third kappa shape index (κ3) is 4.44. The van der Waals surface area contributed by atoms with E-state index < -0.39 is 11.9 Å². The van der Waals surface area contributed by atoms with E-state index >= 15 is 0 Å². The Hall–Kier alpha value is -1.59. The van der Waals surface area contributed by atoms with Gasteiger partial charge in [0.1, 0.15) is 11.9 Å². The summed E-state index contributed by atoms with van der Waals surface area (Å²) < 4.78 is 14.6. The Bertz CT molecular complexity index is 649. The maximum atomic E-state index is 13.6. The summed E-state index contributed by atoms with van der Waals surface area (Å²) in [6.07, 6.45) is 0. The average molecular weight is 372 g/mol. The Morgan fingerprint density at radius 3 is 2.52 bits per heavy atom. The minimum Gasteiger partial charge on any atom is -0.374 e. The van der Waals surface area contributed by atoms with Gasteiger partial charge in [-0.2, -0.15) is 0 Å². The number of rotatable bonds is 4. The molecule has 0 saturated carbocycles. The van der Waals surface area contributed by atoms with Crippen LogP contribution in [-0.2, 0) is 4.79 Å². The molecule has 0 saturated heterocycles. The molecule has 2 rings (SSSR count). The monoisotopic (exact) mass is 370 g/mol. The predicted molar refractivity (Wildman–Crippen MR) is 87.3 cm³/mol. The summed E-state index contributed by atoms with van der Waals surface area (Å²) in [6, 6.07) is 11.0. The maximum absolute atomic E-state index is 13.6. The van der Waals surface area contributed by atoms with Gasteiger partial charge in [-0.3, -0.25) is 4.79 Å². The van der Waals surface area contributed by atoms with Crippen LogP contribution >= 0.6 is 27.5 Å². The first-order valence-corrected chi connectivity index (χ1v) is 7.41. The highest BCUT2D eigenvalue weighted by molar-refractivity contribution is 9.10. The summed E-state index contributed by atoms with van der Waals surface area (Å²) in [4.78, 5) is 12.0. The highest BCUT2D eigenvalue weighted by Gasteiger charge is 2.14. The molecule has 0 unspecified atom stereocenters. The largest absolute Gasteiger partial charge is 0.374 e. The molecule has 0 radical (unpaired) electrons. The van der Waals surface area contributed by atoms with Crippen LogP contribution in [0, 0.1) is 5.82 Å². The molecule has 110 valence electrons. The minimum absolute atomic E-state index is 0.105. The average Bonchev–Trinajstić information content (AvgIpc) is 2.44. The first-order valence-electron chi connectivity index (χ1n) is 6.24. The summed E-state index contributed by atoms with van der Waals surface area (Å²) in [5.74, 6) is -0.897. The molecule has 0 aliphatic heterocycles. The van der Waals surface area contributed by atoms with Crippen molar-refractivity contribution >= 4 is 44.8 Å². The van der Waals surface area contributed by atoms with Crippen LogP contribution in [0.2, 0.25) is 5.02 Å². The van der Waals surface area contributed by atoms with Crippen molar-refractivity contribution in [3.63, 3.8) is 0 Å². The van der Waals surface area contributed by atoms with Gasteiger partial charge in [-0.1, -0.05) is 27.5 Å². The van der Waals surface area contributed by atoms with Crippen molar-refractivity contribution in [1.82, 2.24) is 0 Å². The van der Waals surface area contributed by atoms with Gasteiger partial charge in [0.15, 0.2) is 0 Å². The van der Waals surface area contributed by atoms with Gasteiger partial charge in [-0.05, 0) is 49.4 Å². The molecule has 0 bridgehead atoms. The standard InChI is InChI=1S/C15H13BrClFN2O/c1-9(19-12-5-2-10(16)3-6-12)15(21)20-14-7-4-11(17)8-13(14)18/h2-9,19H,1H3,(H,20,21)/t9-/m0/s1. The predicted octanol–water partition coefficient (Wildman–Crippen LogP) is 4.68. The SMILES string of the molecule is C[C@H](Nc1ccc(Br)cc1)C(=O)Nc1ccc(Cl)cc1F. The fourth-order valence-electron chi connectivity index (χ4n) is 1.69. The topological polar surface area (TPSA) is 41.1 Å². The van der Waals surface area contributed by atoms with Crippen molar-refractivity contribution in [2.45, 2.75) is 13.0 Å². The number of nitrogens with one attached hydrogen (secondary N) is 2. The molecule has 0 fully saturated rings. The van der Waals surface area contributed by atoms with E-state index in [1.165, 1.54) is 12.1 Å². The molecule has 3 nitrogen and oxygen atoms in total. The van der Waals surface area contributed by atoms with Crippen LogP contribution in [0.25, 0.3) is 0 Å². The normalized spacial score (nSPS) is 11.8. The molecule has 0 heterocycles.